The Morgan fingerprint density at radius 3 is 2.68 bits per heavy atom. The molecule has 25 heavy (non-hydrogen) atoms. The first-order valence-electron chi connectivity index (χ1n) is 8.91. The van der Waals surface area contributed by atoms with Crippen LogP contribution in [0, 0.1) is 0 Å². The molecular weight excluding hydrogens is 314 g/mol. The van der Waals surface area contributed by atoms with Crippen LogP contribution in [0.2, 0.25) is 0 Å². The molecule has 2 heterocycles. The van der Waals surface area contributed by atoms with Gasteiger partial charge in [0.05, 0.1) is 11.2 Å². The van der Waals surface area contributed by atoms with Gasteiger partial charge in [0, 0.05) is 25.5 Å². The summed E-state index contributed by atoms with van der Waals surface area (Å²) in [5.74, 6) is 0. The highest BCUT2D eigenvalue weighted by Crippen LogP contribution is 2.27. The lowest BCUT2D eigenvalue weighted by Gasteiger charge is -2.29. The van der Waals surface area contributed by atoms with Crippen LogP contribution in [0.15, 0.2) is 24.3 Å². The van der Waals surface area contributed by atoms with E-state index in [0.717, 1.165) is 24.1 Å². The van der Waals surface area contributed by atoms with Crippen molar-refractivity contribution in [3.8, 4) is 0 Å². The van der Waals surface area contributed by atoms with E-state index in [0.29, 0.717) is 13.1 Å². The molecule has 2 aromatic rings. The first-order chi connectivity index (χ1) is 11.8. The van der Waals surface area contributed by atoms with Gasteiger partial charge in [0.1, 0.15) is 5.60 Å². The predicted octanol–water partition coefficient (Wildman–Crippen LogP) is 4.16. The SMILES string of the molecule is CCc1nn(C)c2cc(C3=CCN(C(=O)OC(C)(C)C)CC3)ccc12. The summed E-state index contributed by atoms with van der Waals surface area (Å²) in [5.41, 5.74) is 4.33. The van der Waals surface area contributed by atoms with Gasteiger partial charge in [0.15, 0.2) is 0 Å². The highest BCUT2D eigenvalue weighted by Gasteiger charge is 2.24. The Morgan fingerprint density at radius 1 is 1.32 bits per heavy atom. The molecule has 1 aromatic heterocycles. The normalized spacial score (nSPS) is 15.4. The van der Waals surface area contributed by atoms with Crippen LogP contribution < -0.4 is 0 Å². The van der Waals surface area contributed by atoms with Crippen molar-refractivity contribution in [1.29, 1.82) is 0 Å². The van der Waals surface area contributed by atoms with Gasteiger partial charge in [-0.25, -0.2) is 4.79 Å². The zero-order valence-corrected chi connectivity index (χ0v) is 15.8. The van der Waals surface area contributed by atoms with Crippen LogP contribution in [0.25, 0.3) is 16.5 Å². The number of carbonyl (C=O) groups excluding carboxylic acids is 1. The second kappa shape index (κ2) is 6.54. The van der Waals surface area contributed by atoms with Crippen molar-refractivity contribution in [2.24, 2.45) is 7.05 Å². The largest absolute Gasteiger partial charge is 0.444 e. The molecule has 0 aliphatic carbocycles. The number of carbonyl (C=O) groups is 1. The summed E-state index contributed by atoms with van der Waals surface area (Å²) in [4.78, 5) is 13.9. The van der Waals surface area contributed by atoms with Crippen molar-refractivity contribution in [1.82, 2.24) is 14.7 Å². The summed E-state index contributed by atoms with van der Waals surface area (Å²) < 4.78 is 7.41. The maximum absolute atomic E-state index is 12.2. The minimum atomic E-state index is -0.456. The second-order valence-electron chi connectivity index (χ2n) is 7.56. The summed E-state index contributed by atoms with van der Waals surface area (Å²) in [6.07, 6.45) is 3.66. The van der Waals surface area contributed by atoms with Crippen LogP contribution in [0.3, 0.4) is 0 Å². The predicted molar refractivity (Wildman–Crippen MR) is 100 cm³/mol. The van der Waals surface area contributed by atoms with Gasteiger partial charge >= 0.3 is 6.09 Å². The summed E-state index contributed by atoms with van der Waals surface area (Å²) in [5, 5.41) is 5.81. The standard InChI is InChI=1S/C20H27N3O2/c1-6-17-16-8-7-15(13-18(16)22(5)21-17)14-9-11-23(12-10-14)19(24)25-20(2,3)4/h7-9,13H,6,10-12H2,1-5H3. The molecule has 0 bridgehead atoms. The van der Waals surface area contributed by atoms with Gasteiger partial charge in [-0.1, -0.05) is 25.1 Å². The van der Waals surface area contributed by atoms with E-state index in [1.54, 1.807) is 4.90 Å². The molecule has 1 aromatic carbocycles. The average molecular weight is 341 g/mol. The molecular formula is C20H27N3O2. The van der Waals surface area contributed by atoms with E-state index in [1.807, 2.05) is 32.5 Å². The van der Waals surface area contributed by atoms with Crippen LogP contribution in [0.1, 0.15) is 45.4 Å². The third-order valence-corrected chi connectivity index (χ3v) is 4.49. The van der Waals surface area contributed by atoms with E-state index in [1.165, 1.54) is 16.5 Å². The molecule has 1 aliphatic heterocycles. The quantitative estimate of drug-likeness (QED) is 0.824. The number of amides is 1. The summed E-state index contributed by atoms with van der Waals surface area (Å²) in [6, 6.07) is 6.53. The van der Waals surface area contributed by atoms with E-state index >= 15 is 0 Å². The number of nitrogens with zero attached hydrogens (tertiary/aromatic N) is 3. The number of ether oxygens (including phenoxy) is 1. The minimum Gasteiger partial charge on any atom is -0.444 e. The highest BCUT2D eigenvalue weighted by molar-refractivity contribution is 5.86. The van der Waals surface area contributed by atoms with Crippen molar-refractivity contribution in [3.63, 3.8) is 0 Å². The minimum absolute atomic E-state index is 0.238. The smallest absolute Gasteiger partial charge is 0.410 e. The third kappa shape index (κ3) is 3.70. The highest BCUT2D eigenvalue weighted by atomic mass is 16.6. The fourth-order valence-corrected chi connectivity index (χ4v) is 3.22. The molecule has 1 aliphatic rings. The van der Waals surface area contributed by atoms with Crippen LogP contribution in [-0.4, -0.2) is 39.5 Å². The summed E-state index contributed by atoms with van der Waals surface area (Å²) >= 11 is 0. The lowest BCUT2D eigenvalue weighted by atomic mass is 9.98. The molecule has 0 saturated carbocycles. The van der Waals surface area contributed by atoms with Gasteiger partial charge in [-0.2, -0.15) is 5.10 Å². The van der Waals surface area contributed by atoms with Gasteiger partial charge in [-0.3, -0.25) is 4.68 Å². The summed E-state index contributed by atoms with van der Waals surface area (Å²) in [7, 11) is 1.99. The summed E-state index contributed by atoms with van der Waals surface area (Å²) in [6.45, 7) is 9.08. The Kier molecular flexibility index (Phi) is 4.58. The number of aromatic nitrogens is 2. The maximum atomic E-state index is 12.2. The van der Waals surface area contributed by atoms with Crippen LogP contribution in [-0.2, 0) is 18.2 Å². The van der Waals surface area contributed by atoms with Gasteiger partial charge in [0.25, 0.3) is 0 Å². The van der Waals surface area contributed by atoms with Crippen molar-refractivity contribution in [2.75, 3.05) is 13.1 Å². The monoisotopic (exact) mass is 341 g/mol. The Bertz CT molecular complexity index is 827. The number of hydrogen-bond donors (Lipinski definition) is 0. The number of benzene rings is 1. The first-order valence-corrected chi connectivity index (χ1v) is 8.91. The van der Waals surface area contributed by atoms with Crippen molar-refractivity contribution < 1.29 is 9.53 Å². The fourth-order valence-electron chi connectivity index (χ4n) is 3.22. The van der Waals surface area contributed by atoms with E-state index < -0.39 is 5.60 Å². The van der Waals surface area contributed by atoms with E-state index in [9.17, 15) is 4.79 Å². The zero-order valence-electron chi connectivity index (χ0n) is 15.8. The Labute approximate surface area is 149 Å². The van der Waals surface area contributed by atoms with Crippen LogP contribution in [0.4, 0.5) is 4.79 Å². The average Bonchev–Trinajstić information content (AvgIpc) is 2.89. The molecule has 134 valence electrons. The van der Waals surface area contributed by atoms with Gasteiger partial charge in [-0.05, 0) is 50.8 Å². The lowest BCUT2D eigenvalue weighted by molar-refractivity contribution is 0.0270. The molecule has 0 spiro atoms. The van der Waals surface area contributed by atoms with Crippen LogP contribution in [0.5, 0.6) is 0 Å². The Morgan fingerprint density at radius 2 is 2.08 bits per heavy atom. The number of aryl methyl sites for hydroxylation is 2. The Hall–Kier alpha value is -2.30. The Balaban J connectivity index is 1.79. The molecule has 0 unspecified atom stereocenters. The fraction of sp³-hybridized carbons (Fsp3) is 0.500. The lowest BCUT2D eigenvalue weighted by Crippen LogP contribution is -2.39. The van der Waals surface area contributed by atoms with Crippen LogP contribution >= 0.6 is 0 Å². The molecule has 1 amide bonds. The van der Waals surface area contributed by atoms with Gasteiger partial charge < -0.3 is 9.64 Å². The van der Waals surface area contributed by atoms with Gasteiger partial charge in [-0.15, -0.1) is 0 Å². The maximum Gasteiger partial charge on any atom is 0.410 e. The van der Waals surface area contributed by atoms with E-state index in [2.05, 4.69) is 36.3 Å². The molecule has 5 nitrogen and oxygen atoms in total. The van der Waals surface area contributed by atoms with E-state index in [-0.39, 0.29) is 6.09 Å². The molecule has 0 saturated heterocycles. The second-order valence-corrected chi connectivity index (χ2v) is 7.56. The third-order valence-electron chi connectivity index (χ3n) is 4.49. The molecule has 5 heteroatoms. The van der Waals surface area contributed by atoms with Gasteiger partial charge in [0.2, 0.25) is 0 Å². The first kappa shape index (κ1) is 17.5. The topological polar surface area (TPSA) is 47.4 Å². The molecule has 3 rings (SSSR count). The molecule has 0 fully saturated rings. The molecule has 0 N–H and O–H groups in total. The number of hydrogen-bond acceptors (Lipinski definition) is 3. The molecule has 0 atom stereocenters. The zero-order chi connectivity index (χ0) is 18.2. The molecule has 0 radical (unpaired) electrons. The van der Waals surface area contributed by atoms with Crippen molar-refractivity contribution >= 4 is 22.6 Å². The number of fused-ring (bicyclic) bond motifs is 1. The van der Waals surface area contributed by atoms with E-state index in [4.69, 9.17) is 4.74 Å². The van der Waals surface area contributed by atoms with Crippen molar-refractivity contribution in [2.45, 2.75) is 46.1 Å². The van der Waals surface area contributed by atoms with Crippen molar-refractivity contribution in [3.05, 3.63) is 35.5 Å². The number of rotatable bonds is 2.